The third-order valence-electron chi connectivity index (χ3n) is 4.29. The molecule has 0 aromatic carbocycles. The van der Waals surface area contributed by atoms with E-state index in [-0.39, 0.29) is 0 Å². The Labute approximate surface area is 137 Å². The smallest absolute Gasteiger partial charge is 0.228 e. The number of aromatic nitrogens is 3. The fraction of sp³-hybridized carbons (Fsp3) is 0.588. The molecule has 3 heterocycles. The van der Waals surface area contributed by atoms with Gasteiger partial charge in [-0.15, -0.1) is 0 Å². The highest BCUT2D eigenvalue weighted by Gasteiger charge is 2.18. The number of nitrogens with one attached hydrogen (secondary N) is 1. The largest absolute Gasteiger partial charge is 0.339 e. The molecule has 1 aliphatic rings. The molecule has 0 amide bonds. The monoisotopic (exact) mass is 315 g/mol. The molecule has 124 valence electrons. The average molecular weight is 315 g/mol. The lowest BCUT2D eigenvalue weighted by atomic mass is 10.0. The molecule has 23 heavy (non-hydrogen) atoms. The molecule has 6 heteroatoms. The minimum absolute atomic E-state index is 0.612. The van der Waals surface area contributed by atoms with Crippen LogP contribution in [0.3, 0.4) is 0 Å². The van der Waals surface area contributed by atoms with Crippen molar-refractivity contribution in [2.75, 3.05) is 26.2 Å². The van der Waals surface area contributed by atoms with E-state index in [1.807, 2.05) is 12.1 Å². The zero-order valence-electron chi connectivity index (χ0n) is 13.7. The first-order valence-electron chi connectivity index (χ1n) is 8.54. The van der Waals surface area contributed by atoms with Gasteiger partial charge in [-0.25, -0.2) is 0 Å². The van der Waals surface area contributed by atoms with Gasteiger partial charge in [0, 0.05) is 37.0 Å². The van der Waals surface area contributed by atoms with Crippen molar-refractivity contribution in [1.82, 2.24) is 25.3 Å². The topological polar surface area (TPSA) is 67.1 Å². The quantitative estimate of drug-likeness (QED) is 0.844. The Hall–Kier alpha value is -1.79. The molecule has 1 N–H and O–H groups in total. The maximum absolute atomic E-state index is 5.32. The zero-order valence-corrected chi connectivity index (χ0v) is 13.7. The minimum Gasteiger partial charge on any atom is -0.339 e. The number of rotatable bonds is 7. The Morgan fingerprint density at radius 3 is 2.96 bits per heavy atom. The summed E-state index contributed by atoms with van der Waals surface area (Å²) < 4.78 is 5.32. The summed E-state index contributed by atoms with van der Waals surface area (Å²) in [6.07, 6.45) is 7.95. The van der Waals surface area contributed by atoms with Crippen LogP contribution < -0.4 is 5.32 Å². The fourth-order valence-corrected chi connectivity index (χ4v) is 3.03. The van der Waals surface area contributed by atoms with Gasteiger partial charge in [-0.3, -0.25) is 4.98 Å². The number of nitrogens with zero attached hydrogens (tertiary/aromatic N) is 4. The molecule has 2 aromatic rings. The van der Waals surface area contributed by atoms with Crippen molar-refractivity contribution in [1.29, 1.82) is 0 Å². The van der Waals surface area contributed by atoms with Crippen LogP contribution in [0.1, 0.15) is 32.1 Å². The lowest BCUT2D eigenvalue weighted by molar-refractivity contribution is 0.198. The van der Waals surface area contributed by atoms with E-state index in [9.17, 15) is 0 Å². The third-order valence-corrected chi connectivity index (χ3v) is 4.29. The van der Waals surface area contributed by atoms with Crippen LogP contribution in [0.4, 0.5) is 0 Å². The zero-order chi connectivity index (χ0) is 15.9. The van der Waals surface area contributed by atoms with Crippen LogP contribution in [0, 0.1) is 0 Å². The van der Waals surface area contributed by atoms with Crippen molar-refractivity contribution in [3.63, 3.8) is 0 Å². The van der Waals surface area contributed by atoms with Crippen LogP contribution in [-0.2, 0) is 6.42 Å². The van der Waals surface area contributed by atoms with Gasteiger partial charge >= 0.3 is 0 Å². The second-order valence-corrected chi connectivity index (χ2v) is 6.07. The highest BCUT2D eigenvalue weighted by atomic mass is 16.5. The number of hydrogen-bond acceptors (Lipinski definition) is 6. The summed E-state index contributed by atoms with van der Waals surface area (Å²) in [5.41, 5.74) is 0.888. The Kier molecular flexibility index (Phi) is 5.71. The van der Waals surface area contributed by atoms with E-state index < -0.39 is 0 Å². The van der Waals surface area contributed by atoms with Crippen LogP contribution in [-0.4, -0.2) is 52.2 Å². The molecule has 0 atom stereocenters. The summed E-state index contributed by atoms with van der Waals surface area (Å²) >= 11 is 0. The summed E-state index contributed by atoms with van der Waals surface area (Å²) in [5, 5.41) is 7.64. The van der Waals surface area contributed by atoms with E-state index in [0.717, 1.165) is 18.5 Å². The standard InChI is InChI=1S/C17H25N5O/c1-2-10-22-11-6-15(7-12-22)19-9-5-16-20-17(21-23-16)14-4-3-8-18-13-14/h3-4,8,13,15,19H,2,5-7,9-12H2,1H3. The molecule has 0 radical (unpaired) electrons. The number of pyridine rings is 1. The van der Waals surface area contributed by atoms with Crippen LogP contribution >= 0.6 is 0 Å². The van der Waals surface area contributed by atoms with Gasteiger partial charge in [-0.05, 0) is 51.0 Å². The molecule has 3 rings (SSSR count). The summed E-state index contributed by atoms with van der Waals surface area (Å²) in [7, 11) is 0. The van der Waals surface area contributed by atoms with E-state index in [1.165, 1.54) is 38.9 Å². The van der Waals surface area contributed by atoms with Gasteiger partial charge in [0.25, 0.3) is 0 Å². The van der Waals surface area contributed by atoms with Crippen molar-refractivity contribution in [3.05, 3.63) is 30.4 Å². The molecular weight excluding hydrogens is 290 g/mol. The fourth-order valence-electron chi connectivity index (χ4n) is 3.03. The molecular formula is C17H25N5O. The number of likely N-dealkylation sites (tertiary alicyclic amines) is 1. The first-order chi connectivity index (χ1) is 11.3. The predicted octanol–water partition coefficient (Wildman–Crippen LogP) is 2.14. The molecule has 0 bridgehead atoms. The van der Waals surface area contributed by atoms with E-state index in [1.54, 1.807) is 12.4 Å². The molecule has 0 aliphatic carbocycles. The molecule has 1 saturated heterocycles. The van der Waals surface area contributed by atoms with Crippen LogP contribution in [0.5, 0.6) is 0 Å². The average Bonchev–Trinajstić information content (AvgIpc) is 3.06. The predicted molar refractivity (Wildman–Crippen MR) is 89.0 cm³/mol. The third kappa shape index (κ3) is 4.59. The van der Waals surface area contributed by atoms with Gasteiger partial charge in [0.2, 0.25) is 11.7 Å². The highest BCUT2D eigenvalue weighted by molar-refractivity contribution is 5.51. The lowest BCUT2D eigenvalue weighted by Crippen LogP contribution is -2.43. The molecule has 0 saturated carbocycles. The lowest BCUT2D eigenvalue weighted by Gasteiger charge is -2.32. The van der Waals surface area contributed by atoms with E-state index in [4.69, 9.17) is 4.52 Å². The Morgan fingerprint density at radius 1 is 1.35 bits per heavy atom. The Balaban J connectivity index is 1.41. The summed E-state index contributed by atoms with van der Waals surface area (Å²) in [5.74, 6) is 1.29. The van der Waals surface area contributed by atoms with Gasteiger partial charge in [-0.2, -0.15) is 4.98 Å². The van der Waals surface area contributed by atoms with Crippen LogP contribution in [0.25, 0.3) is 11.4 Å². The summed E-state index contributed by atoms with van der Waals surface area (Å²) in [6.45, 7) is 6.77. The number of piperidine rings is 1. The van der Waals surface area contributed by atoms with Crippen molar-refractivity contribution >= 4 is 0 Å². The first kappa shape index (κ1) is 16.1. The number of hydrogen-bond donors (Lipinski definition) is 1. The van der Waals surface area contributed by atoms with Gasteiger partial charge in [0.05, 0.1) is 0 Å². The Morgan fingerprint density at radius 2 is 2.22 bits per heavy atom. The van der Waals surface area contributed by atoms with Crippen molar-refractivity contribution in [2.45, 2.75) is 38.6 Å². The molecule has 1 fully saturated rings. The molecule has 0 spiro atoms. The van der Waals surface area contributed by atoms with Crippen molar-refractivity contribution in [3.8, 4) is 11.4 Å². The second-order valence-electron chi connectivity index (χ2n) is 6.07. The Bertz CT molecular complexity index is 578. The maximum atomic E-state index is 5.32. The molecule has 0 unspecified atom stereocenters. The van der Waals surface area contributed by atoms with Gasteiger partial charge < -0.3 is 14.7 Å². The van der Waals surface area contributed by atoms with Gasteiger partial charge in [-0.1, -0.05) is 12.1 Å². The van der Waals surface area contributed by atoms with E-state index >= 15 is 0 Å². The minimum atomic E-state index is 0.612. The highest BCUT2D eigenvalue weighted by Crippen LogP contribution is 2.14. The van der Waals surface area contributed by atoms with Gasteiger partial charge in [0.15, 0.2) is 0 Å². The van der Waals surface area contributed by atoms with Crippen molar-refractivity contribution < 1.29 is 4.52 Å². The van der Waals surface area contributed by atoms with Gasteiger partial charge in [0.1, 0.15) is 0 Å². The summed E-state index contributed by atoms with van der Waals surface area (Å²) in [6, 6.07) is 4.42. The maximum Gasteiger partial charge on any atom is 0.228 e. The molecule has 6 nitrogen and oxygen atoms in total. The molecule has 1 aliphatic heterocycles. The van der Waals surface area contributed by atoms with Crippen LogP contribution in [0.15, 0.2) is 29.0 Å². The first-order valence-corrected chi connectivity index (χ1v) is 8.54. The van der Waals surface area contributed by atoms with Crippen LogP contribution in [0.2, 0.25) is 0 Å². The van der Waals surface area contributed by atoms with E-state index in [0.29, 0.717) is 17.8 Å². The van der Waals surface area contributed by atoms with E-state index in [2.05, 4.69) is 32.3 Å². The molecule has 2 aromatic heterocycles. The SMILES string of the molecule is CCCN1CCC(NCCc2nc(-c3cccnc3)no2)CC1. The normalized spacial score (nSPS) is 16.7. The second kappa shape index (κ2) is 8.17. The summed E-state index contributed by atoms with van der Waals surface area (Å²) in [4.78, 5) is 11.1. The van der Waals surface area contributed by atoms with Crippen molar-refractivity contribution in [2.24, 2.45) is 0 Å².